The molecule has 0 unspecified atom stereocenters. The molecule has 0 N–H and O–H groups in total. The fraction of sp³-hybridized carbons (Fsp3) is 0.333. The molecule has 4 heteroatoms. The summed E-state index contributed by atoms with van der Waals surface area (Å²) in [4.78, 5) is 10.00. The lowest BCUT2D eigenvalue weighted by Crippen LogP contribution is -1.84. The molecule has 4 rings (SSSR count). The van der Waals surface area contributed by atoms with Crippen LogP contribution < -0.4 is 0 Å². The van der Waals surface area contributed by atoms with Crippen LogP contribution in [0.15, 0.2) is 29.6 Å². The molecule has 0 bridgehead atoms. The van der Waals surface area contributed by atoms with Crippen molar-refractivity contribution in [2.45, 2.75) is 53.9 Å². The minimum absolute atomic E-state index is 0.590. The van der Waals surface area contributed by atoms with Crippen molar-refractivity contribution in [3.63, 3.8) is 0 Å². The standard InChI is InChI=1S/C24H26S4/c1-7-17-10-21(22-11-18(13(2)3)16(6)26-22)28-24(17)20-9-8-19(27-20)23-15(5)14(4)12-25-23/h8-13H,7H2,1-6H3. The first-order valence-corrected chi connectivity index (χ1v) is 13.1. The van der Waals surface area contributed by atoms with Gasteiger partial charge in [-0.05, 0) is 85.0 Å². The molecule has 0 nitrogen and oxygen atoms in total. The summed E-state index contributed by atoms with van der Waals surface area (Å²) >= 11 is 7.73. The summed E-state index contributed by atoms with van der Waals surface area (Å²) in [6, 6.07) is 9.47. The van der Waals surface area contributed by atoms with E-state index in [-0.39, 0.29) is 0 Å². The summed E-state index contributed by atoms with van der Waals surface area (Å²) in [5.41, 5.74) is 5.80. The van der Waals surface area contributed by atoms with Crippen molar-refractivity contribution < 1.29 is 0 Å². The molecule has 28 heavy (non-hydrogen) atoms. The predicted molar refractivity (Wildman–Crippen MR) is 132 cm³/mol. The Labute approximate surface area is 184 Å². The Kier molecular flexibility index (Phi) is 5.67. The van der Waals surface area contributed by atoms with Gasteiger partial charge in [0.1, 0.15) is 0 Å². The van der Waals surface area contributed by atoms with E-state index in [1.165, 1.54) is 56.4 Å². The minimum atomic E-state index is 0.590. The summed E-state index contributed by atoms with van der Waals surface area (Å²) in [6.45, 7) is 13.6. The Balaban J connectivity index is 1.73. The fourth-order valence-corrected chi connectivity index (χ4v) is 8.45. The lowest BCUT2D eigenvalue weighted by molar-refractivity contribution is 0.865. The number of rotatable bonds is 5. The van der Waals surface area contributed by atoms with Crippen molar-refractivity contribution in [2.24, 2.45) is 0 Å². The van der Waals surface area contributed by atoms with Crippen molar-refractivity contribution in [3.05, 3.63) is 56.8 Å². The maximum atomic E-state index is 2.43. The first-order valence-electron chi connectivity index (χ1n) is 9.77. The first-order chi connectivity index (χ1) is 13.4. The Bertz CT molecular complexity index is 1110. The van der Waals surface area contributed by atoms with Crippen molar-refractivity contribution in [1.82, 2.24) is 0 Å². The summed E-state index contributed by atoms with van der Waals surface area (Å²) in [5.74, 6) is 0.590. The number of hydrogen-bond donors (Lipinski definition) is 0. The largest absolute Gasteiger partial charge is 0.142 e. The number of thiophene rings is 4. The summed E-state index contributed by atoms with van der Waals surface area (Å²) < 4.78 is 0. The Morgan fingerprint density at radius 2 is 1.50 bits per heavy atom. The first kappa shape index (κ1) is 20.1. The highest BCUT2D eigenvalue weighted by molar-refractivity contribution is 7.28. The molecule has 4 heterocycles. The van der Waals surface area contributed by atoms with E-state index in [0.29, 0.717) is 5.92 Å². The molecule has 0 atom stereocenters. The van der Waals surface area contributed by atoms with Gasteiger partial charge < -0.3 is 0 Å². The normalized spacial score (nSPS) is 11.7. The highest BCUT2D eigenvalue weighted by atomic mass is 32.1. The monoisotopic (exact) mass is 442 g/mol. The van der Waals surface area contributed by atoms with Crippen LogP contribution in [0, 0.1) is 20.8 Å². The van der Waals surface area contributed by atoms with Crippen molar-refractivity contribution in [2.75, 3.05) is 0 Å². The van der Waals surface area contributed by atoms with Crippen molar-refractivity contribution in [1.29, 1.82) is 0 Å². The van der Waals surface area contributed by atoms with Crippen LogP contribution >= 0.6 is 45.3 Å². The molecule has 0 spiro atoms. The van der Waals surface area contributed by atoms with Gasteiger partial charge in [0.25, 0.3) is 0 Å². The molecule has 0 fully saturated rings. The molecule has 0 aliphatic heterocycles. The molecule has 4 aromatic rings. The molecule has 0 aliphatic rings. The van der Waals surface area contributed by atoms with Crippen molar-refractivity contribution in [3.8, 4) is 29.3 Å². The van der Waals surface area contributed by atoms with Crippen LogP contribution in [0.4, 0.5) is 0 Å². The fourth-order valence-electron chi connectivity index (χ4n) is 3.54. The van der Waals surface area contributed by atoms with E-state index in [1.807, 2.05) is 45.3 Å². The third kappa shape index (κ3) is 3.56. The lowest BCUT2D eigenvalue weighted by atomic mass is 10.0. The van der Waals surface area contributed by atoms with Crippen LogP contribution in [0.25, 0.3) is 29.3 Å². The van der Waals surface area contributed by atoms with Crippen LogP contribution in [0.2, 0.25) is 0 Å². The minimum Gasteiger partial charge on any atom is -0.142 e. The van der Waals surface area contributed by atoms with Gasteiger partial charge in [0.05, 0.1) is 0 Å². The van der Waals surface area contributed by atoms with Gasteiger partial charge in [-0.25, -0.2) is 0 Å². The Morgan fingerprint density at radius 3 is 2.07 bits per heavy atom. The van der Waals surface area contributed by atoms with Crippen LogP contribution in [0.3, 0.4) is 0 Å². The molecule has 0 amide bonds. The molecule has 0 saturated heterocycles. The SMILES string of the molecule is CCc1cc(-c2cc(C(C)C)c(C)s2)sc1-c1ccc(-c2scc(C)c2C)s1. The van der Waals surface area contributed by atoms with Gasteiger partial charge in [-0.3, -0.25) is 0 Å². The summed E-state index contributed by atoms with van der Waals surface area (Å²) in [7, 11) is 0. The Morgan fingerprint density at radius 1 is 0.821 bits per heavy atom. The summed E-state index contributed by atoms with van der Waals surface area (Å²) in [5, 5.41) is 2.27. The molecule has 0 aromatic carbocycles. The van der Waals surface area contributed by atoms with Gasteiger partial charge in [0.15, 0.2) is 0 Å². The van der Waals surface area contributed by atoms with E-state index in [4.69, 9.17) is 0 Å². The molecule has 146 valence electrons. The highest BCUT2D eigenvalue weighted by Crippen LogP contribution is 2.46. The maximum absolute atomic E-state index is 2.43. The lowest BCUT2D eigenvalue weighted by Gasteiger charge is -2.01. The van der Waals surface area contributed by atoms with Gasteiger partial charge in [0.2, 0.25) is 0 Å². The third-order valence-corrected chi connectivity index (χ3v) is 10.4. The average Bonchev–Trinajstić information content (AvgIpc) is 3.41. The zero-order valence-electron chi connectivity index (χ0n) is 17.3. The van der Waals surface area contributed by atoms with Gasteiger partial charge in [0, 0.05) is 34.1 Å². The van der Waals surface area contributed by atoms with E-state index < -0.39 is 0 Å². The molecule has 0 radical (unpaired) electrons. The summed E-state index contributed by atoms with van der Waals surface area (Å²) in [6.07, 6.45) is 1.08. The smallest absolute Gasteiger partial charge is 0.0481 e. The highest BCUT2D eigenvalue weighted by Gasteiger charge is 2.17. The van der Waals surface area contributed by atoms with E-state index in [9.17, 15) is 0 Å². The van der Waals surface area contributed by atoms with Crippen LogP contribution in [0.5, 0.6) is 0 Å². The number of hydrogen-bond acceptors (Lipinski definition) is 4. The van der Waals surface area contributed by atoms with E-state index >= 15 is 0 Å². The van der Waals surface area contributed by atoms with Gasteiger partial charge in [-0.15, -0.1) is 45.3 Å². The second kappa shape index (κ2) is 7.91. The van der Waals surface area contributed by atoms with E-state index in [1.54, 1.807) is 0 Å². The quantitative estimate of drug-likeness (QED) is 0.288. The number of aryl methyl sites for hydroxylation is 3. The predicted octanol–water partition coefficient (Wildman–Crippen LogP) is 9.54. The molecule has 4 aromatic heterocycles. The topological polar surface area (TPSA) is 0 Å². The zero-order valence-corrected chi connectivity index (χ0v) is 20.6. The zero-order chi connectivity index (χ0) is 20.0. The second-order valence-electron chi connectivity index (χ2n) is 7.63. The van der Waals surface area contributed by atoms with E-state index in [2.05, 4.69) is 71.2 Å². The van der Waals surface area contributed by atoms with Crippen molar-refractivity contribution >= 4 is 45.3 Å². The van der Waals surface area contributed by atoms with Crippen LogP contribution in [-0.4, -0.2) is 0 Å². The van der Waals surface area contributed by atoms with Gasteiger partial charge >= 0.3 is 0 Å². The molecular formula is C24H26S4. The van der Waals surface area contributed by atoms with Gasteiger partial charge in [-0.2, -0.15) is 0 Å². The Hall–Kier alpha value is -1.20. The van der Waals surface area contributed by atoms with Crippen LogP contribution in [-0.2, 0) is 6.42 Å². The molecular weight excluding hydrogens is 417 g/mol. The van der Waals surface area contributed by atoms with E-state index in [0.717, 1.165) is 6.42 Å². The molecule has 0 aliphatic carbocycles. The van der Waals surface area contributed by atoms with Crippen LogP contribution in [0.1, 0.15) is 53.8 Å². The maximum Gasteiger partial charge on any atom is 0.0481 e. The van der Waals surface area contributed by atoms with Gasteiger partial charge in [-0.1, -0.05) is 20.8 Å². The second-order valence-corrected chi connectivity index (χ2v) is 11.9. The molecule has 0 saturated carbocycles. The average molecular weight is 443 g/mol. The third-order valence-electron chi connectivity index (χ3n) is 5.35.